The summed E-state index contributed by atoms with van der Waals surface area (Å²) in [5.41, 5.74) is 5.21. The number of amides is 1. The summed E-state index contributed by atoms with van der Waals surface area (Å²) in [4.78, 5) is 20.6. The second kappa shape index (κ2) is 7.21. The molecule has 0 aliphatic heterocycles. The third-order valence-electron chi connectivity index (χ3n) is 1.19. The second-order valence-corrected chi connectivity index (χ2v) is 2.20. The summed E-state index contributed by atoms with van der Waals surface area (Å²) >= 11 is 0. The molecule has 0 aromatic heterocycles. The van der Waals surface area contributed by atoms with Crippen molar-refractivity contribution >= 4 is 12.2 Å². The molecular weight excluding hydrogens is 144 g/mol. The van der Waals surface area contributed by atoms with Gasteiger partial charge in [-0.15, -0.1) is 0 Å². The summed E-state index contributed by atoms with van der Waals surface area (Å²) in [6.07, 6.45) is 2.11. The van der Waals surface area contributed by atoms with E-state index in [1.807, 2.05) is 0 Å². The molecule has 0 unspecified atom stereocenters. The van der Waals surface area contributed by atoms with Gasteiger partial charge in [0, 0.05) is 19.4 Å². The molecule has 64 valence electrons. The van der Waals surface area contributed by atoms with Gasteiger partial charge in [-0.25, -0.2) is 0 Å². The van der Waals surface area contributed by atoms with E-state index in [2.05, 4.69) is 5.32 Å². The third-order valence-corrected chi connectivity index (χ3v) is 1.19. The number of aldehydes is 1. The van der Waals surface area contributed by atoms with Crippen LogP contribution < -0.4 is 11.1 Å². The van der Waals surface area contributed by atoms with Crippen molar-refractivity contribution < 1.29 is 9.59 Å². The first-order valence-electron chi connectivity index (χ1n) is 3.71. The molecule has 1 amide bonds. The van der Waals surface area contributed by atoms with Crippen molar-refractivity contribution in [3.8, 4) is 0 Å². The molecular formula is C7H14N2O2. The highest BCUT2D eigenvalue weighted by atomic mass is 16.1. The quantitative estimate of drug-likeness (QED) is 0.401. The molecule has 0 spiro atoms. The Hall–Kier alpha value is -0.900. The molecule has 0 aromatic rings. The lowest BCUT2D eigenvalue weighted by Crippen LogP contribution is -2.25. The van der Waals surface area contributed by atoms with Gasteiger partial charge < -0.3 is 15.8 Å². The molecule has 0 saturated heterocycles. The van der Waals surface area contributed by atoms with E-state index in [9.17, 15) is 9.59 Å². The van der Waals surface area contributed by atoms with E-state index >= 15 is 0 Å². The van der Waals surface area contributed by atoms with Crippen molar-refractivity contribution in [2.24, 2.45) is 5.73 Å². The minimum Gasteiger partial charge on any atom is -0.356 e. The maximum Gasteiger partial charge on any atom is 0.220 e. The van der Waals surface area contributed by atoms with Gasteiger partial charge in [-0.1, -0.05) is 0 Å². The minimum atomic E-state index is -0.0782. The van der Waals surface area contributed by atoms with Crippen molar-refractivity contribution in [3.05, 3.63) is 0 Å². The van der Waals surface area contributed by atoms with E-state index in [0.717, 1.165) is 12.7 Å². The lowest BCUT2D eigenvalue weighted by Gasteiger charge is -2.00. The van der Waals surface area contributed by atoms with Gasteiger partial charge in [0.05, 0.1) is 0 Å². The Labute approximate surface area is 66.1 Å². The number of rotatable bonds is 6. The molecule has 4 heteroatoms. The maximum absolute atomic E-state index is 10.8. The van der Waals surface area contributed by atoms with Crippen LogP contribution in [0.25, 0.3) is 0 Å². The average Bonchev–Trinajstić information content (AvgIpc) is 2.01. The van der Waals surface area contributed by atoms with Crippen molar-refractivity contribution in [2.45, 2.75) is 19.3 Å². The molecule has 0 aliphatic rings. The van der Waals surface area contributed by atoms with E-state index in [1.165, 1.54) is 0 Å². The van der Waals surface area contributed by atoms with E-state index in [-0.39, 0.29) is 12.3 Å². The predicted octanol–water partition coefficient (Wildman–Crippen LogP) is -0.570. The first kappa shape index (κ1) is 10.1. The standard InChI is InChI=1S/C7H14N2O2/c8-4-2-5-9-7(11)3-1-6-10/h6H,1-5,8H2,(H,9,11). The highest BCUT2D eigenvalue weighted by Gasteiger charge is 1.97. The van der Waals surface area contributed by atoms with Crippen LogP contribution in [0.4, 0.5) is 0 Å². The van der Waals surface area contributed by atoms with Crippen molar-refractivity contribution in [1.29, 1.82) is 0 Å². The van der Waals surface area contributed by atoms with Gasteiger partial charge in [-0.05, 0) is 13.0 Å². The van der Waals surface area contributed by atoms with E-state index in [1.54, 1.807) is 0 Å². The normalized spacial score (nSPS) is 9.18. The van der Waals surface area contributed by atoms with Gasteiger partial charge in [0.2, 0.25) is 5.91 Å². The van der Waals surface area contributed by atoms with Gasteiger partial charge >= 0.3 is 0 Å². The van der Waals surface area contributed by atoms with Crippen molar-refractivity contribution in [3.63, 3.8) is 0 Å². The molecule has 0 aliphatic carbocycles. The molecule has 0 saturated carbocycles. The Bertz CT molecular complexity index is 126. The summed E-state index contributed by atoms with van der Waals surface area (Å²) in [7, 11) is 0. The fourth-order valence-corrected chi connectivity index (χ4v) is 0.608. The van der Waals surface area contributed by atoms with Gasteiger partial charge in [0.25, 0.3) is 0 Å². The number of nitrogens with one attached hydrogen (secondary N) is 1. The molecule has 0 atom stereocenters. The van der Waals surface area contributed by atoms with Gasteiger partial charge in [0.1, 0.15) is 6.29 Å². The van der Waals surface area contributed by atoms with Crippen LogP contribution in [0, 0.1) is 0 Å². The lowest BCUT2D eigenvalue weighted by atomic mass is 10.3. The zero-order valence-corrected chi connectivity index (χ0v) is 6.51. The Balaban J connectivity index is 3.15. The minimum absolute atomic E-state index is 0.0782. The topological polar surface area (TPSA) is 72.2 Å². The molecule has 3 N–H and O–H groups in total. The third kappa shape index (κ3) is 6.99. The monoisotopic (exact) mass is 158 g/mol. The Morgan fingerprint density at radius 2 is 2.27 bits per heavy atom. The first-order valence-corrected chi connectivity index (χ1v) is 3.71. The van der Waals surface area contributed by atoms with Gasteiger partial charge in [-0.3, -0.25) is 4.79 Å². The second-order valence-electron chi connectivity index (χ2n) is 2.20. The lowest BCUT2D eigenvalue weighted by molar-refractivity contribution is -0.122. The smallest absolute Gasteiger partial charge is 0.220 e. The van der Waals surface area contributed by atoms with Crippen LogP contribution in [0.15, 0.2) is 0 Å². The molecule has 0 aromatic carbocycles. The molecule has 0 bridgehead atoms. The largest absolute Gasteiger partial charge is 0.356 e. The predicted molar refractivity (Wildman–Crippen MR) is 42.0 cm³/mol. The summed E-state index contributed by atoms with van der Waals surface area (Å²) in [6, 6.07) is 0. The zero-order valence-electron chi connectivity index (χ0n) is 6.51. The summed E-state index contributed by atoms with van der Waals surface area (Å²) in [5, 5.41) is 2.64. The van der Waals surface area contributed by atoms with Gasteiger partial charge in [-0.2, -0.15) is 0 Å². The Kier molecular flexibility index (Phi) is 6.62. The molecule has 0 heterocycles. The Morgan fingerprint density at radius 3 is 2.82 bits per heavy atom. The number of carbonyl (C=O) groups is 2. The van der Waals surface area contributed by atoms with Crippen LogP contribution in [-0.4, -0.2) is 25.3 Å². The van der Waals surface area contributed by atoms with Crippen LogP contribution in [0.1, 0.15) is 19.3 Å². The molecule has 0 fully saturated rings. The number of hydrogen-bond donors (Lipinski definition) is 2. The van der Waals surface area contributed by atoms with Crippen LogP contribution in [0.2, 0.25) is 0 Å². The van der Waals surface area contributed by atoms with Gasteiger partial charge in [0.15, 0.2) is 0 Å². The Morgan fingerprint density at radius 1 is 1.55 bits per heavy atom. The van der Waals surface area contributed by atoms with Crippen LogP contribution in [-0.2, 0) is 9.59 Å². The van der Waals surface area contributed by atoms with E-state index in [4.69, 9.17) is 5.73 Å². The summed E-state index contributed by atoms with van der Waals surface area (Å²) in [6.45, 7) is 1.18. The highest BCUT2D eigenvalue weighted by Crippen LogP contribution is 1.83. The molecule has 0 rings (SSSR count). The average molecular weight is 158 g/mol. The molecule has 4 nitrogen and oxygen atoms in total. The summed E-state index contributed by atoms with van der Waals surface area (Å²) in [5.74, 6) is -0.0782. The molecule has 0 radical (unpaired) electrons. The SMILES string of the molecule is NCCCNC(=O)CCC=O. The fourth-order valence-electron chi connectivity index (χ4n) is 0.608. The van der Waals surface area contributed by atoms with Crippen molar-refractivity contribution in [1.82, 2.24) is 5.32 Å². The summed E-state index contributed by atoms with van der Waals surface area (Å²) < 4.78 is 0. The zero-order chi connectivity index (χ0) is 8.53. The van der Waals surface area contributed by atoms with E-state index < -0.39 is 0 Å². The van der Waals surface area contributed by atoms with Crippen LogP contribution in [0.3, 0.4) is 0 Å². The first-order chi connectivity index (χ1) is 5.31. The number of carbonyl (C=O) groups excluding carboxylic acids is 2. The molecule has 11 heavy (non-hydrogen) atoms. The van der Waals surface area contributed by atoms with Crippen LogP contribution in [0.5, 0.6) is 0 Å². The van der Waals surface area contributed by atoms with Crippen molar-refractivity contribution in [2.75, 3.05) is 13.1 Å². The number of nitrogens with two attached hydrogens (primary N) is 1. The highest BCUT2D eigenvalue weighted by molar-refractivity contribution is 5.77. The number of hydrogen-bond acceptors (Lipinski definition) is 3. The fraction of sp³-hybridized carbons (Fsp3) is 0.714. The maximum atomic E-state index is 10.8. The van der Waals surface area contributed by atoms with E-state index in [0.29, 0.717) is 19.5 Å². The van der Waals surface area contributed by atoms with Crippen LogP contribution >= 0.6 is 0 Å².